The fourth-order valence-electron chi connectivity index (χ4n) is 3.99. The van der Waals surface area contributed by atoms with Crippen molar-refractivity contribution in [2.75, 3.05) is 13.6 Å². The van der Waals surface area contributed by atoms with Crippen LogP contribution >= 0.6 is 0 Å². The average Bonchev–Trinajstić information content (AvgIpc) is 2.88. The van der Waals surface area contributed by atoms with Crippen molar-refractivity contribution in [3.8, 4) is 0 Å². The monoisotopic (exact) mass is 315 g/mol. The number of hydrogen-bond donors (Lipinski definition) is 3. The first kappa shape index (κ1) is 15.8. The standard InChI is InChI=1S/C18H25N3O2/c1-18(2)8-7-11-9-14(12-5-4-6-13(18)16(11)12)21-17(23)20-10-15(22)19-3/h4-6,11,14H,7-10H2,1-3H3,(H,19,22)(H2,20,21,23)/t11-,14+/m1/s1. The second-order valence-corrected chi connectivity index (χ2v) is 7.22. The van der Waals surface area contributed by atoms with Gasteiger partial charge in [-0.3, -0.25) is 4.79 Å². The number of carbonyl (C=O) groups is 2. The Kier molecular flexibility index (Phi) is 4.04. The highest BCUT2D eigenvalue weighted by atomic mass is 16.2. The van der Waals surface area contributed by atoms with Crippen molar-refractivity contribution in [2.45, 2.75) is 50.5 Å². The van der Waals surface area contributed by atoms with Gasteiger partial charge in [0.1, 0.15) is 0 Å². The maximum atomic E-state index is 12.0. The third-order valence-electron chi connectivity index (χ3n) is 5.28. The zero-order chi connectivity index (χ0) is 16.6. The molecule has 2 aliphatic carbocycles. The Bertz CT molecular complexity index is 639. The van der Waals surface area contributed by atoms with Crippen LogP contribution in [0.25, 0.3) is 0 Å². The molecular formula is C18H25N3O2. The van der Waals surface area contributed by atoms with E-state index >= 15 is 0 Å². The number of rotatable bonds is 3. The van der Waals surface area contributed by atoms with Crippen molar-refractivity contribution in [3.63, 3.8) is 0 Å². The van der Waals surface area contributed by atoms with Gasteiger partial charge in [-0.25, -0.2) is 4.79 Å². The van der Waals surface area contributed by atoms with Crippen LogP contribution in [0.4, 0.5) is 4.79 Å². The van der Waals surface area contributed by atoms with Gasteiger partial charge in [-0.05, 0) is 47.3 Å². The van der Waals surface area contributed by atoms with E-state index in [1.54, 1.807) is 7.05 Å². The second kappa shape index (κ2) is 5.87. The fraction of sp³-hybridized carbons (Fsp3) is 0.556. The third-order valence-corrected chi connectivity index (χ3v) is 5.28. The van der Waals surface area contributed by atoms with E-state index in [0.717, 1.165) is 6.42 Å². The number of amides is 3. The molecule has 3 N–H and O–H groups in total. The van der Waals surface area contributed by atoms with Crippen LogP contribution in [0, 0.1) is 0 Å². The van der Waals surface area contributed by atoms with Gasteiger partial charge in [-0.1, -0.05) is 32.0 Å². The van der Waals surface area contributed by atoms with Gasteiger partial charge in [0.15, 0.2) is 0 Å². The summed E-state index contributed by atoms with van der Waals surface area (Å²) in [6.07, 6.45) is 3.31. The van der Waals surface area contributed by atoms with E-state index < -0.39 is 0 Å². The van der Waals surface area contributed by atoms with Crippen molar-refractivity contribution in [2.24, 2.45) is 0 Å². The number of benzene rings is 1. The highest BCUT2D eigenvalue weighted by molar-refractivity contribution is 5.83. The van der Waals surface area contributed by atoms with Crippen molar-refractivity contribution < 1.29 is 9.59 Å². The Hall–Kier alpha value is -2.04. The van der Waals surface area contributed by atoms with E-state index in [-0.39, 0.29) is 29.9 Å². The van der Waals surface area contributed by atoms with Crippen LogP contribution in [0.15, 0.2) is 18.2 Å². The van der Waals surface area contributed by atoms with Gasteiger partial charge >= 0.3 is 6.03 Å². The number of carbonyl (C=O) groups excluding carboxylic acids is 2. The molecule has 124 valence electrons. The summed E-state index contributed by atoms with van der Waals surface area (Å²) in [5.74, 6) is 0.338. The van der Waals surface area contributed by atoms with Crippen LogP contribution in [-0.2, 0) is 10.2 Å². The predicted molar refractivity (Wildman–Crippen MR) is 89.4 cm³/mol. The molecule has 0 spiro atoms. The quantitative estimate of drug-likeness (QED) is 0.801. The van der Waals surface area contributed by atoms with E-state index in [2.05, 4.69) is 48.0 Å². The fourth-order valence-corrected chi connectivity index (χ4v) is 3.99. The predicted octanol–water partition coefficient (Wildman–Crippen LogP) is 2.33. The zero-order valence-electron chi connectivity index (χ0n) is 14.0. The summed E-state index contributed by atoms with van der Waals surface area (Å²) in [5.41, 5.74) is 4.33. The normalized spacial score (nSPS) is 23.8. The van der Waals surface area contributed by atoms with Crippen molar-refractivity contribution in [1.82, 2.24) is 16.0 Å². The molecular weight excluding hydrogens is 290 g/mol. The van der Waals surface area contributed by atoms with Crippen LogP contribution in [-0.4, -0.2) is 25.5 Å². The molecule has 0 saturated carbocycles. The van der Waals surface area contributed by atoms with Crippen LogP contribution in [0.3, 0.4) is 0 Å². The van der Waals surface area contributed by atoms with E-state index in [4.69, 9.17) is 0 Å². The molecule has 5 nitrogen and oxygen atoms in total. The molecule has 1 aromatic rings. The van der Waals surface area contributed by atoms with Gasteiger partial charge in [-0.15, -0.1) is 0 Å². The lowest BCUT2D eigenvalue weighted by atomic mass is 9.69. The number of likely N-dealkylation sites (N-methyl/N-ethyl adjacent to an activating group) is 1. The Morgan fingerprint density at radius 2 is 2.09 bits per heavy atom. The van der Waals surface area contributed by atoms with Crippen LogP contribution in [0.1, 0.15) is 61.8 Å². The molecule has 3 amide bonds. The molecule has 23 heavy (non-hydrogen) atoms. The van der Waals surface area contributed by atoms with Crippen molar-refractivity contribution in [1.29, 1.82) is 0 Å². The molecule has 0 fully saturated rings. The number of nitrogens with one attached hydrogen (secondary N) is 3. The van der Waals surface area contributed by atoms with Gasteiger partial charge in [-0.2, -0.15) is 0 Å². The summed E-state index contributed by atoms with van der Waals surface area (Å²) in [6, 6.07) is 6.21. The van der Waals surface area contributed by atoms with Gasteiger partial charge in [0, 0.05) is 7.05 Å². The molecule has 2 atom stereocenters. The highest BCUT2D eigenvalue weighted by Crippen LogP contribution is 2.52. The molecule has 5 heteroatoms. The average molecular weight is 315 g/mol. The Balaban J connectivity index is 1.75. The summed E-state index contributed by atoms with van der Waals surface area (Å²) in [6.45, 7) is 4.60. The minimum atomic E-state index is -0.283. The molecule has 0 aliphatic heterocycles. The molecule has 0 radical (unpaired) electrons. The largest absolute Gasteiger partial charge is 0.358 e. The number of urea groups is 1. The molecule has 1 aromatic carbocycles. The lowest BCUT2D eigenvalue weighted by Crippen LogP contribution is -2.42. The summed E-state index contributed by atoms with van der Waals surface area (Å²) >= 11 is 0. The Labute approximate surface area is 137 Å². The maximum absolute atomic E-state index is 12.0. The van der Waals surface area contributed by atoms with Gasteiger partial charge < -0.3 is 16.0 Å². The highest BCUT2D eigenvalue weighted by Gasteiger charge is 2.40. The third kappa shape index (κ3) is 2.92. The molecule has 0 saturated heterocycles. The van der Waals surface area contributed by atoms with Crippen LogP contribution in [0.2, 0.25) is 0 Å². The topological polar surface area (TPSA) is 70.2 Å². The summed E-state index contributed by atoms with van der Waals surface area (Å²) in [5, 5.41) is 8.13. The molecule has 3 rings (SSSR count). The van der Waals surface area contributed by atoms with E-state index in [0.29, 0.717) is 5.92 Å². The van der Waals surface area contributed by atoms with E-state index in [1.807, 2.05) is 0 Å². The second-order valence-electron chi connectivity index (χ2n) is 7.22. The maximum Gasteiger partial charge on any atom is 0.315 e. The smallest absolute Gasteiger partial charge is 0.315 e. The van der Waals surface area contributed by atoms with E-state index in [1.165, 1.54) is 29.5 Å². The lowest BCUT2D eigenvalue weighted by Gasteiger charge is -2.35. The van der Waals surface area contributed by atoms with E-state index in [9.17, 15) is 9.59 Å². The van der Waals surface area contributed by atoms with Crippen LogP contribution in [0.5, 0.6) is 0 Å². The van der Waals surface area contributed by atoms with Gasteiger partial charge in [0.25, 0.3) is 0 Å². The van der Waals surface area contributed by atoms with Gasteiger partial charge in [0.2, 0.25) is 5.91 Å². The Morgan fingerprint density at radius 3 is 2.83 bits per heavy atom. The first-order chi connectivity index (χ1) is 10.9. The molecule has 0 unspecified atom stereocenters. The molecule has 0 bridgehead atoms. The van der Waals surface area contributed by atoms with Crippen LogP contribution < -0.4 is 16.0 Å². The molecule has 0 aromatic heterocycles. The summed E-state index contributed by atoms with van der Waals surface area (Å²) in [7, 11) is 1.55. The lowest BCUT2D eigenvalue weighted by molar-refractivity contribution is -0.119. The Morgan fingerprint density at radius 1 is 1.30 bits per heavy atom. The summed E-state index contributed by atoms with van der Waals surface area (Å²) < 4.78 is 0. The minimum absolute atomic E-state index is 0.00158. The van der Waals surface area contributed by atoms with Crippen molar-refractivity contribution in [3.05, 3.63) is 34.9 Å². The molecule has 0 heterocycles. The SMILES string of the molecule is CNC(=O)CNC(=O)N[C@H]1C[C@H]2CCC(C)(C)c3cccc1c32. The first-order valence-electron chi connectivity index (χ1n) is 8.30. The summed E-state index contributed by atoms with van der Waals surface area (Å²) in [4.78, 5) is 23.3. The van der Waals surface area contributed by atoms with Crippen molar-refractivity contribution >= 4 is 11.9 Å². The first-order valence-corrected chi connectivity index (χ1v) is 8.30. The zero-order valence-corrected chi connectivity index (χ0v) is 14.0. The number of hydrogen-bond acceptors (Lipinski definition) is 2. The van der Waals surface area contributed by atoms with Gasteiger partial charge in [0.05, 0.1) is 12.6 Å². The minimum Gasteiger partial charge on any atom is -0.358 e. The molecule has 2 aliphatic rings.